The van der Waals surface area contributed by atoms with Gasteiger partial charge in [0.15, 0.2) is 0 Å². The van der Waals surface area contributed by atoms with Crippen molar-refractivity contribution in [2.75, 3.05) is 23.4 Å². The number of halogens is 1. The first-order valence-corrected chi connectivity index (χ1v) is 10.3. The number of nitrogens with zero attached hydrogens (tertiary/aromatic N) is 1. The first-order chi connectivity index (χ1) is 15.4. The van der Waals surface area contributed by atoms with Crippen molar-refractivity contribution in [3.8, 4) is 0 Å². The number of esters is 2. The molecule has 0 aromatic heterocycles. The maximum Gasteiger partial charge on any atom is 0.338 e. The molecule has 0 spiro atoms. The van der Waals surface area contributed by atoms with Crippen LogP contribution in [0, 0.1) is 0 Å². The lowest BCUT2D eigenvalue weighted by molar-refractivity contribution is -0.120. The lowest BCUT2D eigenvalue weighted by Gasteiger charge is -2.16. The first kappa shape index (κ1) is 23.0. The second kappa shape index (κ2) is 10.1. The molecule has 0 aliphatic carbocycles. The molecule has 2 amide bonds. The van der Waals surface area contributed by atoms with Crippen LogP contribution in [0.1, 0.15) is 41.0 Å². The van der Waals surface area contributed by atoms with Gasteiger partial charge in [0.25, 0.3) is 11.8 Å². The van der Waals surface area contributed by atoms with Gasteiger partial charge in [0.05, 0.1) is 30.0 Å². The number of imide groups is 1. The second-order valence-electron chi connectivity index (χ2n) is 6.75. The van der Waals surface area contributed by atoms with Gasteiger partial charge in [-0.05, 0) is 49.7 Å². The van der Waals surface area contributed by atoms with E-state index in [0.29, 0.717) is 18.7 Å². The van der Waals surface area contributed by atoms with E-state index in [-0.39, 0.29) is 34.2 Å². The van der Waals surface area contributed by atoms with Crippen molar-refractivity contribution >= 4 is 46.7 Å². The van der Waals surface area contributed by atoms with E-state index in [2.05, 4.69) is 5.32 Å². The van der Waals surface area contributed by atoms with E-state index >= 15 is 0 Å². The van der Waals surface area contributed by atoms with Gasteiger partial charge in [-0.2, -0.15) is 0 Å². The summed E-state index contributed by atoms with van der Waals surface area (Å²) >= 11 is 6.16. The summed E-state index contributed by atoms with van der Waals surface area (Å²) in [5, 5.41) is 2.51. The quantitative estimate of drug-likeness (QED) is 0.475. The van der Waals surface area contributed by atoms with Crippen LogP contribution in [0.3, 0.4) is 0 Å². The van der Waals surface area contributed by atoms with Crippen LogP contribution in [0.5, 0.6) is 0 Å². The molecule has 1 heterocycles. The standard InChI is InChI=1S/C23H21ClN2O6/c1-3-11-32-23(30)14-7-5-9-16(12-14)25-19-18(24)20(27)26(21(19)28)17-10-6-8-15(13-17)22(29)31-4-2/h5-10,12-13,25H,3-4,11H2,1-2H3. The first-order valence-electron chi connectivity index (χ1n) is 9.97. The van der Waals surface area contributed by atoms with Crippen molar-refractivity contribution in [3.05, 3.63) is 70.4 Å². The highest BCUT2D eigenvalue weighted by atomic mass is 35.5. The zero-order valence-corrected chi connectivity index (χ0v) is 18.3. The number of hydrogen-bond acceptors (Lipinski definition) is 7. The third-order valence-electron chi connectivity index (χ3n) is 4.45. The zero-order chi connectivity index (χ0) is 23.3. The van der Waals surface area contributed by atoms with E-state index in [9.17, 15) is 19.2 Å². The van der Waals surface area contributed by atoms with Crippen LogP contribution in [-0.2, 0) is 19.1 Å². The normalized spacial score (nSPS) is 13.4. The number of carbonyl (C=O) groups excluding carboxylic acids is 4. The van der Waals surface area contributed by atoms with Gasteiger partial charge in [-0.1, -0.05) is 30.7 Å². The van der Waals surface area contributed by atoms with E-state index in [1.165, 1.54) is 30.3 Å². The number of anilines is 2. The molecule has 2 aromatic carbocycles. The average Bonchev–Trinajstić information content (AvgIpc) is 3.01. The number of hydrogen-bond donors (Lipinski definition) is 1. The summed E-state index contributed by atoms with van der Waals surface area (Å²) in [6.45, 7) is 4.05. The van der Waals surface area contributed by atoms with E-state index in [1.807, 2.05) is 6.92 Å². The Hall–Kier alpha value is -3.65. The van der Waals surface area contributed by atoms with Crippen molar-refractivity contribution in [1.82, 2.24) is 0 Å². The smallest absolute Gasteiger partial charge is 0.338 e. The predicted molar refractivity (Wildman–Crippen MR) is 118 cm³/mol. The number of ether oxygens (including phenoxy) is 2. The van der Waals surface area contributed by atoms with Gasteiger partial charge in [0.2, 0.25) is 0 Å². The predicted octanol–water partition coefficient (Wildman–Crippen LogP) is 3.87. The van der Waals surface area contributed by atoms with Crippen LogP contribution in [-0.4, -0.2) is 37.0 Å². The molecule has 166 valence electrons. The number of nitrogens with one attached hydrogen (secondary N) is 1. The Morgan fingerprint density at radius 1 is 0.938 bits per heavy atom. The SMILES string of the molecule is CCCOC(=O)c1cccc(NC2=C(Cl)C(=O)N(c3cccc(C(=O)OCC)c3)C2=O)c1. The molecule has 0 saturated carbocycles. The highest BCUT2D eigenvalue weighted by molar-refractivity contribution is 6.53. The van der Waals surface area contributed by atoms with E-state index in [4.69, 9.17) is 21.1 Å². The number of rotatable bonds is 8. The van der Waals surface area contributed by atoms with Gasteiger partial charge >= 0.3 is 11.9 Å². The minimum atomic E-state index is -0.737. The Morgan fingerprint density at radius 2 is 1.59 bits per heavy atom. The number of amides is 2. The van der Waals surface area contributed by atoms with Crippen LogP contribution in [0.15, 0.2) is 59.3 Å². The third-order valence-corrected chi connectivity index (χ3v) is 4.80. The summed E-state index contributed by atoms with van der Waals surface area (Å²) in [5.41, 5.74) is 0.902. The van der Waals surface area contributed by atoms with Crippen molar-refractivity contribution in [2.45, 2.75) is 20.3 Å². The molecule has 0 bridgehead atoms. The van der Waals surface area contributed by atoms with Crippen molar-refractivity contribution < 1.29 is 28.7 Å². The fourth-order valence-corrected chi connectivity index (χ4v) is 3.19. The summed E-state index contributed by atoms with van der Waals surface area (Å²) in [4.78, 5) is 50.6. The zero-order valence-electron chi connectivity index (χ0n) is 17.5. The van der Waals surface area contributed by atoms with Gasteiger partial charge < -0.3 is 14.8 Å². The van der Waals surface area contributed by atoms with E-state index in [1.54, 1.807) is 25.1 Å². The summed E-state index contributed by atoms with van der Waals surface area (Å²) < 4.78 is 10.1. The van der Waals surface area contributed by atoms with Gasteiger partial charge in [0.1, 0.15) is 10.7 Å². The number of benzene rings is 2. The van der Waals surface area contributed by atoms with Gasteiger partial charge in [-0.25, -0.2) is 14.5 Å². The molecular weight excluding hydrogens is 436 g/mol. The molecule has 3 rings (SSSR count). The molecule has 1 N–H and O–H groups in total. The molecule has 0 saturated heterocycles. The molecule has 8 nitrogen and oxygen atoms in total. The third kappa shape index (κ3) is 4.81. The highest BCUT2D eigenvalue weighted by Gasteiger charge is 2.39. The molecule has 2 aromatic rings. The van der Waals surface area contributed by atoms with Crippen LogP contribution < -0.4 is 10.2 Å². The van der Waals surface area contributed by atoms with Gasteiger partial charge in [0, 0.05) is 5.69 Å². The van der Waals surface area contributed by atoms with Crippen molar-refractivity contribution in [1.29, 1.82) is 0 Å². The minimum absolute atomic E-state index is 0.141. The fraction of sp³-hybridized carbons (Fsp3) is 0.217. The maximum atomic E-state index is 13.0. The minimum Gasteiger partial charge on any atom is -0.462 e. The van der Waals surface area contributed by atoms with E-state index < -0.39 is 23.8 Å². The monoisotopic (exact) mass is 456 g/mol. The Labute approximate surface area is 189 Å². The molecule has 32 heavy (non-hydrogen) atoms. The lowest BCUT2D eigenvalue weighted by Crippen LogP contribution is -2.32. The molecule has 0 atom stereocenters. The van der Waals surface area contributed by atoms with Gasteiger partial charge in [-0.3, -0.25) is 9.59 Å². The lowest BCUT2D eigenvalue weighted by atomic mass is 10.2. The highest BCUT2D eigenvalue weighted by Crippen LogP contribution is 2.31. The Balaban J connectivity index is 1.83. The summed E-state index contributed by atoms with van der Waals surface area (Å²) in [7, 11) is 0. The molecule has 0 fully saturated rings. The van der Waals surface area contributed by atoms with E-state index in [0.717, 1.165) is 4.90 Å². The Morgan fingerprint density at radius 3 is 2.28 bits per heavy atom. The van der Waals surface area contributed by atoms with Crippen LogP contribution in [0.2, 0.25) is 0 Å². The maximum absolute atomic E-state index is 13.0. The molecule has 0 radical (unpaired) electrons. The topological polar surface area (TPSA) is 102 Å². The Kier molecular flexibility index (Phi) is 7.27. The van der Waals surface area contributed by atoms with Crippen LogP contribution in [0.25, 0.3) is 0 Å². The van der Waals surface area contributed by atoms with Crippen LogP contribution >= 0.6 is 11.6 Å². The van der Waals surface area contributed by atoms with Crippen LogP contribution in [0.4, 0.5) is 11.4 Å². The largest absolute Gasteiger partial charge is 0.462 e. The summed E-state index contributed by atoms with van der Waals surface area (Å²) in [5.74, 6) is -2.50. The molecule has 1 aliphatic rings. The summed E-state index contributed by atoms with van der Waals surface area (Å²) in [6.07, 6.45) is 0.690. The molecule has 0 unspecified atom stereocenters. The number of carbonyl (C=O) groups is 4. The average molecular weight is 457 g/mol. The summed E-state index contributed by atoms with van der Waals surface area (Å²) in [6, 6.07) is 12.2. The molecule has 1 aliphatic heterocycles. The second-order valence-corrected chi connectivity index (χ2v) is 7.13. The van der Waals surface area contributed by atoms with Crippen molar-refractivity contribution in [3.63, 3.8) is 0 Å². The fourth-order valence-electron chi connectivity index (χ4n) is 2.98. The van der Waals surface area contributed by atoms with Gasteiger partial charge in [-0.15, -0.1) is 0 Å². The molecule has 9 heteroatoms. The molecular formula is C23H21ClN2O6. The van der Waals surface area contributed by atoms with Crippen molar-refractivity contribution in [2.24, 2.45) is 0 Å². The Bertz CT molecular complexity index is 1110.